The van der Waals surface area contributed by atoms with E-state index in [0.717, 1.165) is 46.6 Å². The van der Waals surface area contributed by atoms with Gasteiger partial charge in [-0.3, -0.25) is 14.2 Å². The third kappa shape index (κ3) is 3.50. The van der Waals surface area contributed by atoms with Crippen LogP contribution in [-0.4, -0.2) is 20.4 Å². The molecule has 1 aliphatic heterocycles. The molecule has 1 N–H and O–H groups in total. The molecule has 5 aromatic rings. The van der Waals surface area contributed by atoms with Crippen LogP contribution in [0, 0.1) is 0 Å². The van der Waals surface area contributed by atoms with Gasteiger partial charge in [-0.05, 0) is 54.6 Å². The van der Waals surface area contributed by atoms with Gasteiger partial charge in [0, 0.05) is 24.0 Å². The highest BCUT2D eigenvalue weighted by Crippen LogP contribution is 2.28. The molecule has 0 bridgehead atoms. The van der Waals surface area contributed by atoms with E-state index in [2.05, 4.69) is 10.3 Å². The molecule has 0 fully saturated rings. The first-order chi connectivity index (χ1) is 16.2. The van der Waals surface area contributed by atoms with Gasteiger partial charge in [-0.1, -0.05) is 24.3 Å². The zero-order valence-electron chi connectivity index (χ0n) is 17.7. The summed E-state index contributed by atoms with van der Waals surface area (Å²) in [6.45, 7) is 0.697. The molecule has 6 rings (SSSR count). The fourth-order valence-electron chi connectivity index (χ4n) is 4.43. The van der Waals surface area contributed by atoms with Crippen molar-refractivity contribution >= 4 is 44.7 Å². The summed E-state index contributed by atoms with van der Waals surface area (Å²) in [7, 11) is 0. The Labute approximate surface area is 193 Å². The van der Waals surface area contributed by atoms with Crippen LogP contribution in [0.2, 0.25) is 0 Å². The van der Waals surface area contributed by atoms with Gasteiger partial charge in [-0.25, -0.2) is 9.97 Å². The van der Waals surface area contributed by atoms with Crippen molar-refractivity contribution in [1.82, 2.24) is 14.5 Å². The highest BCUT2D eigenvalue weighted by molar-refractivity contribution is 7.13. The minimum Gasteiger partial charge on any atom is -0.322 e. The number of aromatic nitrogens is 3. The lowest BCUT2D eigenvalue weighted by atomic mass is 10.1. The van der Waals surface area contributed by atoms with E-state index in [1.165, 1.54) is 0 Å². The molecule has 0 aliphatic carbocycles. The van der Waals surface area contributed by atoms with Crippen LogP contribution in [0.4, 0.5) is 5.69 Å². The van der Waals surface area contributed by atoms with Crippen LogP contribution in [0.3, 0.4) is 0 Å². The van der Waals surface area contributed by atoms with Gasteiger partial charge in [0.2, 0.25) is 0 Å². The van der Waals surface area contributed by atoms with Crippen LogP contribution in [0.1, 0.15) is 29.0 Å². The number of carbonyl (C=O) groups is 1. The Morgan fingerprint density at radius 1 is 0.939 bits per heavy atom. The van der Waals surface area contributed by atoms with Gasteiger partial charge >= 0.3 is 0 Å². The summed E-state index contributed by atoms with van der Waals surface area (Å²) in [5.41, 5.74) is 3.27. The summed E-state index contributed by atoms with van der Waals surface area (Å²) < 4.78 is 1.76. The molecule has 1 aliphatic rings. The number of rotatable bonds is 3. The fourth-order valence-corrected chi connectivity index (χ4v) is 5.12. The normalized spacial score (nSPS) is 13.2. The lowest BCUT2D eigenvalue weighted by Gasteiger charge is -2.18. The lowest BCUT2D eigenvalue weighted by Crippen LogP contribution is -2.28. The quantitative estimate of drug-likeness (QED) is 0.405. The van der Waals surface area contributed by atoms with Gasteiger partial charge in [-0.2, -0.15) is 0 Å². The van der Waals surface area contributed by atoms with Crippen LogP contribution in [0.25, 0.3) is 32.4 Å². The predicted octanol–water partition coefficient (Wildman–Crippen LogP) is 5.26. The van der Waals surface area contributed by atoms with Gasteiger partial charge in [0.25, 0.3) is 11.5 Å². The Kier molecular flexibility index (Phi) is 4.77. The summed E-state index contributed by atoms with van der Waals surface area (Å²) in [5.74, 6) is 0.608. The van der Waals surface area contributed by atoms with Crippen molar-refractivity contribution in [1.29, 1.82) is 0 Å². The minimum absolute atomic E-state index is 0.0415. The van der Waals surface area contributed by atoms with Crippen molar-refractivity contribution < 1.29 is 4.79 Å². The lowest BCUT2D eigenvalue weighted by molar-refractivity contribution is 0.102. The predicted molar refractivity (Wildman–Crippen MR) is 132 cm³/mol. The fraction of sp³-hybridized carbons (Fsp3) is 0.154. The van der Waals surface area contributed by atoms with E-state index in [0.29, 0.717) is 28.7 Å². The SMILES string of the molecule is O=C(Nc1ccc2nc3n(c(=O)c2c1)CCCC3)c1cc(-c2cccs2)nc2ccccc12. The number of carbonyl (C=O) groups excluding carboxylic acids is 1. The molecule has 162 valence electrons. The van der Waals surface area contributed by atoms with Crippen LogP contribution in [-0.2, 0) is 13.0 Å². The van der Waals surface area contributed by atoms with Crippen molar-refractivity contribution in [3.8, 4) is 10.6 Å². The second-order valence-corrected chi connectivity index (χ2v) is 9.13. The number of nitrogens with one attached hydrogen (secondary N) is 1. The second kappa shape index (κ2) is 7.94. The Morgan fingerprint density at radius 2 is 1.82 bits per heavy atom. The number of thiophene rings is 1. The monoisotopic (exact) mass is 452 g/mol. The van der Waals surface area contributed by atoms with E-state index in [1.54, 1.807) is 28.0 Å². The van der Waals surface area contributed by atoms with Crippen LogP contribution in [0.15, 0.2) is 70.8 Å². The maximum Gasteiger partial charge on any atom is 0.261 e. The number of para-hydroxylation sites is 1. The van der Waals surface area contributed by atoms with E-state index in [1.807, 2.05) is 53.9 Å². The number of nitrogens with zero attached hydrogens (tertiary/aromatic N) is 3. The Bertz CT molecular complexity index is 1590. The van der Waals surface area contributed by atoms with Crippen LogP contribution in [0.5, 0.6) is 0 Å². The Balaban J connectivity index is 1.41. The van der Waals surface area contributed by atoms with E-state index < -0.39 is 0 Å². The molecule has 6 nitrogen and oxygen atoms in total. The van der Waals surface area contributed by atoms with Crippen LogP contribution < -0.4 is 10.9 Å². The van der Waals surface area contributed by atoms with Gasteiger partial charge in [0.05, 0.1) is 32.6 Å². The number of pyridine rings is 1. The molecule has 0 saturated heterocycles. The third-order valence-electron chi connectivity index (χ3n) is 6.06. The van der Waals surface area contributed by atoms with Crippen molar-refractivity contribution in [3.05, 3.63) is 87.8 Å². The summed E-state index contributed by atoms with van der Waals surface area (Å²) in [5, 5.41) is 6.28. The topological polar surface area (TPSA) is 76.9 Å². The highest BCUT2D eigenvalue weighted by Gasteiger charge is 2.17. The first-order valence-corrected chi connectivity index (χ1v) is 11.8. The zero-order chi connectivity index (χ0) is 22.4. The highest BCUT2D eigenvalue weighted by atomic mass is 32.1. The molecule has 2 aromatic carbocycles. The second-order valence-electron chi connectivity index (χ2n) is 8.18. The standard InChI is InChI=1S/C26H20N4O2S/c31-25(18-15-22(23-8-5-13-33-23)28-20-7-2-1-6-17(18)20)27-16-10-11-21-19(14-16)26(32)30-12-4-3-9-24(30)29-21/h1-2,5-8,10-11,13-15H,3-4,9,12H2,(H,27,31). The summed E-state index contributed by atoms with van der Waals surface area (Å²) in [6.07, 6.45) is 2.86. The molecule has 0 radical (unpaired) electrons. The Hall–Kier alpha value is -3.84. The average Bonchev–Trinajstić information content (AvgIpc) is 3.39. The summed E-state index contributed by atoms with van der Waals surface area (Å²) in [4.78, 5) is 36.8. The number of anilines is 1. The molecule has 4 heterocycles. The van der Waals surface area contributed by atoms with Crippen LogP contribution >= 0.6 is 11.3 Å². The zero-order valence-corrected chi connectivity index (χ0v) is 18.6. The molecular formula is C26H20N4O2S. The molecule has 0 spiro atoms. The largest absolute Gasteiger partial charge is 0.322 e. The van der Waals surface area contributed by atoms with Gasteiger partial charge < -0.3 is 5.32 Å². The number of hydrogen-bond donors (Lipinski definition) is 1. The van der Waals surface area contributed by atoms with Crippen molar-refractivity contribution in [2.24, 2.45) is 0 Å². The number of hydrogen-bond acceptors (Lipinski definition) is 5. The van der Waals surface area contributed by atoms with Crippen molar-refractivity contribution in [3.63, 3.8) is 0 Å². The molecule has 0 atom stereocenters. The average molecular weight is 453 g/mol. The smallest absolute Gasteiger partial charge is 0.261 e. The first kappa shape index (κ1) is 19.8. The number of amides is 1. The Morgan fingerprint density at radius 3 is 2.70 bits per heavy atom. The molecule has 1 amide bonds. The third-order valence-corrected chi connectivity index (χ3v) is 6.95. The van der Waals surface area contributed by atoms with Gasteiger partial charge in [0.1, 0.15) is 5.82 Å². The maximum atomic E-state index is 13.4. The van der Waals surface area contributed by atoms with E-state index in [-0.39, 0.29) is 11.5 Å². The summed E-state index contributed by atoms with van der Waals surface area (Å²) in [6, 6.07) is 18.8. The molecule has 0 saturated carbocycles. The van der Waals surface area contributed by atoms with E-state index in [4.69, 9.17) is 4.98 Å². The molecule has 0 unspecified atom stereocenters. The summed E-state index contributed by atoms with van der Waals surface area (Å²) >= 11 is 1.58. The molecule has 7 heteroatoms. The molecule has 33 heavy (non-hydrogen) atoms. The van der Waals surface area contributed by atoms with E-state index >= 15 is 0 Å². The molecular weight excluding hydrogens is 432 g/mol. The van der Waals surface area contributed by atoms with Crippen molar-refractivity contribution in [2.75, 3.05) is 5.32 Å². The van der Waals surface area contributed by atoms with Gasteiger partial charge in [0.15, 0.2) is 0 Å². The number of benzene rings is 2. The molecule has 3 aromatic heterocycles. The van der Waals surface area contributed by atoms with Gasteiger partial charge in [-0.15, -0.1) is 11.3 Å². The van der Waals surface area contributed by atoms with E-state index in [9.17, 15) is 9.59 Å². The number of aryl methyl sites for hydroxylation is 1. The van der Waals surface area contributed by atoms with Crippen molar-refractivity contribution in [2.45, 2.75) is 25.8 Å². The first-order valence-electron chi connectivity index (χ1n) is 11.0. The minimum atomic E-state index is -0.239. The maximum absolute atomic E-state index is 13.4. The number of fused-ring (bicyclic) bond motifs is 3.